The van der Waals surface area contributed by atoms with Crippen molar-refractivity contribution in [2.45, 2.75) is 52.4 Å². The molecular weight excluding hydrogens is 218 g/mol. The summed E-state index contributed by atoms with van der Waals surface area (Å²) in [5, 5.41) is 3.39. The molecule has 0 spiro atoms. The van der Waals surface area contributed by atoms with E-state index in [2.05, 4.69) is 38.2 Å². The smallest absolute Gasteiger partial charge is 0.0141 e. The molecule has 18 heavy (non-hydrogen) atoms. The second-order valence-electron chi connectivity index (χ2n) is 4.77. The van der Waals surface area contributed by atoms with Crippen LogP contribution in [0.3, 0.4) is 0 Å². The second kappa shape index (κ2) is 10.9. The van der Waals surface area contributed by atoms with Gasteiger partial charge in [-0.3, -0.25) is 0 Å². The average Bonchev–Trinajstić information content (AvgIpc) is 2.35. The first-order chi connectivity index (χ1) is 8.63. The Labute approximate surface area is 113 Å². The van der Waals surface area contributed by atoms with E-state index in [4.69, 9.17) is 0 Å². The zero-order valence-electron chi connectivity index (χ0n) is 12.2. The number of hydrogen-bond donors (Lipinski definition) is 1. The molecule has 102 valence electrons. The normalized spacial score (nSPS) is 11.1. The van der Waals surface area contributed by atoms with Crippen LogP contribution in [0.4, 0.5) is 0 Å². The summed E-state index contributed by atoms with van der Waals surface area (Å²) in [5.74, 6) is 0. The zero-order valence-corrected chi connectivity index (χ0v) is 12.2. The highest BCUT2D eigenvalue weighted by Gasteiger charge is 2.02. The van der Waals surface area contributed by atoms with Crippen molar-refractivity contribution in [3.8, 4) is 0 Å². The number of rotatable bonds is 11. The van der Waals surface area contributed by atoms with Gasteiger partial charge < -0.3 is 5.32 Å². The maximum Gasteiger partial charge on any atom is 0.0141 e. The summed E-state index contributed by atoms with van der Waals surface area (Å²) < 4.78 is 0. The molecule has 0 bridgehead atoms. The van der Waals surface area contributed by atoms with Crippen LogP contribution in [0.15, 0.2) is 48.7 Å². The topological polar surface area (TPSA) is 12.0 Å². The lowest BCUT2D eigenvalue weighted by molar-refractivity contribution is 0.659. The summed E-state index contributed by atoms with van der Waals surface area (Å²) in [5.41, 5.74) is 3.43. The number of nitrogens with one attached hydrogen (secondary N) is 1. The van der Waals surface area contributed by atoms with Crippen LogP contribution in [0, 0.1) is 0 Å². The summed E-state index contributed by atoms with van der Waals surface area (Å²) in [6.07, 6.45) is 11.2. The Kier molecular flexibility index (Phi) is 10.1. The lowest BCUT2D eigenvalue weighted by atomic mass is 9.99. The molecule has 0 aliphatic rings. The monoisotopic (exact) mass is 247 g/mol. The van der Waals surface area contributed by atoms with Crippen LogP contribution in [0.25, 0.3) is 0 Å². The predicted molar refractivity (Wildman–Crippen MR) is 83.6 cm³/mol. The third kappa shape index (κ3) is 7.94. The molecule has 0 aromatic carbocycles. The minimum Gasteiger partial charge on any atom is -0.391 e. The summed E-state index contributed by atoms with van der Waals surface area (Å²) in [6, 6.07) is 0. The molecule has 0 saturated heterocycles. The van der Waals surface area contributed by atoms with E-state index in [-0.39, 0.29) is 0 Å². The molecule has 0 amide bonds. The Bertz CT molecular complexity index is 297. The quantitative estimate of drug-likeness (QED) is 0.303. The van der Waals surface area contributed by atoms with Gasteiger partial charge in [0, 0.05) is 12.7 Å². The van der Waals surface area contributed by atoms with Gasteiger partial charge in [0.15, 0.2) is 0 Å². The molecule has 0 atom stereocenters. The van der Waals surface area contributed by atoms with E-state index in [1.807, 2.05) is 13.0 Å². The van der Waals surface area contributed by atoms with E-state index in [1.165, 1.54) is 24.8 Å². The first kappa shape index (κ1) is 16.8. The van der Waals surface area contributed by atoms with Crippen molar-refractivity contribution < 1.29 is 0 Å². The Morgan fingerprint density at radius 3 is 2.44 bits per heavy atom. The van der Waals surface area contributed by atoms with Gasteiger partial charge in [-0.25, -0.2) is 0 Å². The van der Waals surface area contributed by atoms with Crippen LogP contribution >= 0.6 is 0 Å². The number of unbranched alkanes of at least 4 members (excludes halogenated alkanes) is 3. The van der Waals surface area contributed by atoms with Gasteiger partial charge in [-0.2, -0.15) is 0 Å². The van der Waals surface area contributed by atoms with E-state index in [0.717, 1.165) is 37.0 Å². The highest BCUT2D eigenvalue weighted by atomic mass is 14.8. The minimum absolute atomic E-state index is 1.04. The summed E-state index contributed by atoms with van der Waals surface area (Å²) >= 11 is 0. The molecule has 1 N–H and O–H groups in total. The zero-order chi connectivity index (χ0) is 13.8. The summed E-state index contributed by atoms with van der Waals surface area (Å²) in [4.78, 5) is 0. The van der Waals surface area contributed by atoms with E-state index in [9.17, 15) is 0 Å². The molecule has 0 aliphatic heterocycles. The highest BCUT2D eigenvalue weighted by molar-refractivity contribution is 5.41. The van der Waals surface area contributed by atoms with Crippen molar-refractivity contribution in [2.75, 3.05) is 6.54 Å². The van der Waals surface area contributed by atoms with Gasteiger partial charge in [0.2, 0.25) is 0 Å². The molecule has 0 radical (unpaired) electrons. The first-order valence-corrected chi connectivity index (χ1v) is 7.02. The molecule has 0 rings (SSSR count). The fourth-order valence-corrected chi connectivity index (χ4v) is 1.74. The molecule has 0 aromatic heterocycles. The molecule has 0 saturated carbocycles. The second-order valence-corrected chi connectivity index (χ2v) is 4.77. The van der Waals surface area contributed by atoms with Crippen molar-refractivity contribution in [1.82, 2.24) is 5.32 Å². The molecule has 1 heteroatoms. The Morgan fingerprint density at radius 2 is 1.89 bits per heavy atom. The van der Waals surface area contributed by atoms with Gasteiger partial charge >= 0.3 is 0 Å². The lowest BCUT2D eigenvalue weighted by Gasteiger charge is -2.11. The van der Waals surface area contributed by atoms with Crippen molar-refractivity contribution >= 4 is 0 Å². The minimum atomic E-state index is 1.04. The SMILES string of the molecule is C=CCCCCCN/C=C(/CCC)C(=C)C(=C)C. The Balaban J connectivity index is 3.98. The van der Waals surface area contributed by atoms with Crippen LogP contribution in [0.1, 0.15) is 52.4 Å². The van der Waals surface area contributed by atoms with Crippen molar-refractivity contribution in [2.24, 2.45) is 0 Å². The van der Waals surface area contributed by atoms with Crippen LogP contribution in [0.2, 0.25) is 0 Å². The molecular formula is C17H29N. The van der Waals surface area contributed by atoms with E-state index in [1.54, 1.807) is 0 Å². The van der Waals surface area contributed by atoms with Crippen molar-refractivity contribution in [3.05, 3.63) is 48.7 Å². The van der Waals surface area contributed by atoms with E-state index < -0.39 is 0 Å². The van der Waals surface area contributed by atoms with Gasteiger partial charge in [0.1, 0.15) is 0 Å². The van der Waals surface area contributed by atoms with Gasteiger partial charge in [0.05, 0.1) is 0 Å². The van der Waals surface area contributed by atoms with Crippen molar-refractivity contribution in [1.29, 1.82) is 0 Å². The van der Waals surface area contributed by atoms with Crippen molar-refractivity contribution in [3.63, 3.8) is 0 Å². The number of allylic oxidation sites excluding steroid dienone is 4. The molecule has 0 unspecified atom stereocenters. The fourth-order valence-electron chi connectivity index (χ4n) is 1.74. The molecule has 0 aromatic rings. The fraction of sp³-hybridized carbons (Fsp3) is 0.529. The Hall–Kier alpha value is -1.24. The van der Waals surface area contributed by atoms with E-state index in [0.29, 0.717) is 0 Å². The van der Waals surface area contributed by atoms with Gasteiger partial charge in [-0.15, -0.1) is 6.58 Å². The van der Waals surface area contributed by atoms with Crippen LogP contribution in [0.5, 0.6) is 0 Å². The predicted octanol–water partition coefficient (Wildman–Crippen LogP) is 5.14. The summed E-state index contributed by atoms with van der Waals surface area (Å²) in [6.45, 7) is 17.0. The summed E-state index contributed by atoms with van der Waals surface area (Å²) in [7, 11) is 0. The van der Waals surface area contributed by atoms with Gasteiger partial charge in [-0.1, -0.05) is 44.6 Å². The molecule has 1 nitrogen and oxygen atoms in total. The maximum atomic E-state index is 4.09. The van der Waals surface area contributed by atoms with Crippen LogP contribution in [-0.4, -0.2) is 6.54 Å². The lowest BCUT2D eigenvalue weighted by Crippen LogP contribution is -2.09. The first-order valence-electron chi connectivity index (χ1n) is 7.02. The maximum absolute atomic E-state index is 4.09. The molecule has 0 fully saturated rings. The highest BCUT2D eigenvalue weighted by Crippen LogP contribution is 2.19. The van der Waals surface area contributed by atoms with Crippen LogP contribution < -0.4 is 5.32 Å². The van der Waals surface area contributed by atoms with Gasteiger partial charge in [-0.05, 0) is 43.8 Å². The average molecular weight is 247 g/mol. The standard InChI is InChI=1S/C17H29N/c1-6-8-9-10-11-13-18-14-17(12-7-2)16(5)15(3)4/h6,14,18H,1,3,5,7-13H2,2,4H3/b17-14-. The van der Waals surface area contributed by atoms with Gasteiger partial charge in [0.25, 0.3) is 0 Å². The third-order valence-corrected chi connectivity index (χ3v) is 2.93. The molecule has 0 aliphatic carbocycles. The van der Waals surface area contributed by atoms with E-state index >= 15 is 0 Å². The third-order valence-electron chi connectivity index (χ3n) is 2.93. The largest absolute Gasteiger partial charge is 0.391 e. The number of hydrogen-bond acceptors (Lipinski definition) is 1. The van der Waals surface area contributed by atoms with Crippen LogP contribution in [-0.2, 0) is 0 Å². The Morgan fingerprint density at radius 1 is 1.17 bits per heavy atom. The molecule has 0 heterocycles.